The maximum atomic E-state index is 12.9. The second kappa shape index (κ2) is 7.96. The molecule has 3 heteroatoms. The highest BCUT2D eigenvalue weighted by Gasteiger charge is 2.31. The molecule has 3 rings (SSSR count). The molecule has 2 aliphatic carbocycles. The fourth-order valence-corrected chi connectivity index (χ4v) is 4.62. The van der Waals surface area contributed by atoms with Crippen molar-refractivity contribution in [3.63, 3.8) is 0 Å². The van der Waals surface area contributed by atoms with Crippen molar-refractivity contribution in [1.29, 1.82) is 0 Å². The van der Waals surface area contributed by atoms with Gasteiger partial charge in [-0.2, -0.15) is 0 Å². The molecular formula is C19H27NOS. The minimum absolute atomic E-state index is 0.243. The van der Waals surface area contributed by atoms with E-state index in [-0.39, 0.29) is 5.91 Å². The van der Waals surface area contributed by atoms with Crippen molar-refractivity contribution in [2.75, 3.05) is 0 Å². The predicted octanol–water partition coefficient (Wildman–Crippen LogP) is 5.26. The average Bonchev–Trinajstić information content (AvgIpc) is 3.09. The lowest BCUT2D eigenvalue weighted by atomic mass is 9.88. The highest BCUT2D eigenvalue weighted by Crippen LogP contribution is 2.30. The molecular weight excluding hydrogens is 290 g/mol. The van der Waals surface area contributed by atoms with Crippen LogP contribution in [0.1, 0.15) is 69.1 Å². The summed E-state index contributed by atoms with van der Waals surface area (Å²) in [7, 11) is 0. The molecule has 0 radical (unpaired) electrons. The number of carbonyl (C=O) groups excluding carboxylic acids is 1. The third kappa shape index (κ3) is 4.01. The molecule has 0 aromatic carbocycles. The minimum atomic E-state index is 0.243. The number of thiophene rings is 1. The zero-order valence-corrected chi connectivity index (χ0v) is 14.2. The average molecular weight is 317 g/mol. The van der Waals surface area contributed by atoms with Gasteiger partial charge >= 0.3 is 0 Å². The van der Waals surface area contributed by atoms with E-state index in [9.17, 15) is 4.79 Å². The quantitative estimate of drug-likeness (QED) is 0.694. The summed E-state index contributed by atoms with van der Waals surface area (Å²) in [5, 5.41) is 2.06. The first kappa shape index (κ1) is 15.8. The predicted molar refractivity (Wildman–Crippen MR) is 93.9 cm³/mol. The van der Waals surface area contributed by atoms with Gasteiger partial charge < -0.3 is 4.90 Å². The third-order valence-corrected chi connectivity index (χ3v) is 5.96. The van der Waals surface area contributed by atoms with E-state index in [4.69, 9.17) is 0 Å². The van der Waals surface area contributed by atoms with Crippen molar-refractivity contribution in [1.82, 2.24) is 4.90 Å². The molecule has 1 amide bonds. The number of carbonyl (C=O) groups is 1. The first-order chi connectivity index (χ1) is 10.8. The summed E-state index contributed by atoms with van der Waals surface area (Å²) in [6, 6.07) is 5.07. The van der Waals surface area contributed by atoms with Crippen molar-refractivity contribution in [2.24, 2.45) is 0 Å². The van der Waals surface area contributed by atoms with Crippen LogP contribution in [0.5, 0.6) is 0 Å². The molecule has 0 spiro atoms. The Kier molecular flexibility index (Phi) is 5.71. The van der Waals surface area contributed by atoms with Crippen LogP contribution < -0.4 is 0 Å². The lowest BCUT2D eigenvalue weighted by Crippen LogP contribution is -2.48. The van der Waals surface area contributed by atoms with E-state index in [0.717, 1.165) is 0 Å². The van der Waals surface area contributed by atoms with Gasteiger partial charge in [0.15, 0.2) is 0 Å². The molecule has 0 saturated heterocycles. The topological polar surface area (TPSA) is 20.3 Å². The Hall–Kier alpha value is -1.09. The van der Waals surface area contributed by atoms with Crippen LogP contribution in [-0.2, 0) is 4.79 Å². The van der Waals surface area contributed by atoms with Crippen LogP contribution in [0, 0.1) is 0 Å². The van der Waals surface area contributed by atoms with Crippen molar-refractivity contribution in [2.45, 2.75) is 76.3 Å². The van der Waals surface area contributed by atoms with E-state index in [2.05, 4.69) is 16.3 Å². The highest BCUT2D eigenvalue weighted by atomic mass is 32.1. The van der Waals surface area contributed by atoms with Crippen molar-refractivity contribution >= 4 is 23.3 Å². The zero-order chi connectivity index (χ0) is 15.2. The Labute approximate surface area is 138 Å². The maximum Gasteiger partial charge on any atom is 0.247 e. The largest absolute Gasteiger partial charge is 0.333 e. The molecule has 1 aromatic heterocycles. The van der Waals surface area contributed by atoms with Crippen LogP contribution in [-0.4, -0.2) is 22.9 Å². The fourth-order valence-electron chi connectivity index (χ4n) is 4.00. The van der Waals surface area contributed by atoms with Gasteiger partial charge in [-0.25, -0.2) is 0 Å². The molecule has 0 N–H and O–H groups in total. The molecule has 22 heavy (non-hydrogen) atoms. The molecule has 0 aliphatic heterocycles. The highest BCUT2D eigenvalue weighted by molar-refractivity contribution is 7.10. The third-order valence-electron chi connectivity index (χ3n) is 5.12. The van der Waals surface area contributed by atoms with Crippen LogP contribution in [0.2, 0.25) is 0 Å². The molecule has 2 nitrogen and oxygen atoms in total. The standard InChI is InChI=1S/C19H27NOS/c21-19(14-13-18-12-7-15-22-18)20(16-8-3-1-4-9-16)17-10-5-2-6-11-17/h7,12-17H,1-6,8-11H2. The van der Waals surface area contributed by atoms with Gasteiger partial charge in [-0.1, -0.05) is 44.6 Å². The van der Waals surface area contributed by atoms with Gasteiger partial charge in [-0.05, 0) is 43.2 Å². The first-order valence-electron chi connectivity index (χ1n) is 8.88. The SMILES string of the molecule is O=C(C=Cc1cccs1)N(C1CCCCC1)C1CCCCC1. The fraction of sp³-hybridized carbons (Fsp3) is 0.632. The Morgan fingerprint density at radius 3 is 2.09 bits per heavy atom. The van der Waals surface area contributed by atoms with Gasteiger partial charge in [0.1, 0.15) is 0 Å². The summed E-state index contributed by atoms with van der Waals surface area (Å²) in [6.45, 7) is 0. The summed E-state index contributed by atoms with van der Waals surface area (Å²) in [5.41, 5.74) is 0. The zero-order valence-electron chi connectivity index (χ0n) is 13.4. The molecule has 1 heterocycles. The summed E-state index contributed by atoms with van der Waals surface area (Å²) >= 11 is 1.69. The maximum absolute atomic E-state index is 12.9. The van der Waals surface area contributed by atoms with Crippen molar-refractivity contribution in [3.8, 4) is 0 Å². The second-order valence-electron chi connectivity index (χ2n) is 6.68. The Morgan fingerprint density at radius 1 is 1.00 bits per heavy atom. The van der Waals surface area contributed by atoms with Crippen molar-refractivity contribution < 1.29 is 4.79 Å². The molecule has 0 atom stereocenters. The van der Waals surface area contributed by atoms with E-state index in [0.29, 0.717) is 12.1 Å². The summed E-state index contributed by atoms with van der Waals surface area (Å²) in [6.07, 6.45) is 16.5. The van der Waals surface area contributed by atoms with Crippen LogP contribution in [0.25, 0.3) is 6.08 Å². The summed E-state index contributed by atoms with van der Waals surface area (Å²) < 4.78 is 0. The van der Waals surface area contributed by atoms with Crippen LogP contribution in [0.4, 0.5) is 0 Å². The van der Waals surface area contributed by atoms with Crippen LogP contribution in [0.15, 0.2) is 23.6 Å². The van der Waals surface area contributed by atoms with E-state index in [1.54, 1.807) is 11.3 Å². The van der Waals surface area contributed by atoms with Gasteiger partial charge in [-0.15, -0.1) is 11.3 Å². The van der Waals surface area contributed by atoms with E-state index in [1.807, 2.05) is 18.2 Å². The molecule has 2 saturated carbocycles. The second-order valence-corrected chi connectivity index (χ2v) is 7.66. The molecule has 2 aliphatic rings. The molecule has 120 valence electrons. The van der Waals surface area contributed by atoms with Crippen LogP contribution in [0.3, 0.4) is 0 Å². The molecule has 1 aromatic rings. The number of nitrogens with zero attached hydrogens (tertiary/aromatic N) is 1. The summed E-state index contributed by atoms with van der Waals surface area (Å²) in [5.74, 6) is 0.243. The smallest absolute Gasteiger partial charge is 0.247 e. The van der Waals surface area contributed by atoms with Gasteiger partial charge in [-0.3, -0.25) is 4.79 Å². The van der Waals surface area contributed by atoms with Gasteiger partial charge in [0, 0.05) is 23.0 Å². The minimum Gasteiger partial charge on any atom is -0.333 e. The lowest BCUT2D eigenvalue weighted by molar-refractivity contribution is -0.132. The number of rotatable bonds is 4. The van der Waals surface area contributed by atoms with Crippen molar-refractivity contribution in [3.05, 3.63) is 28.5 Å². The Balaban J connectivity index is 1.72. The Morgan fingerprint density at radius 2 is 1.59 bits per heavy atom. The number of hydrogen-bond acceptors (Lipinski definition) is 2. The van der Waals surface area contributed by atoms with Crippen LogP contribution >= 0.6 is 11.3 Å². The molecule has 2 fully saturated rings. The Bertz CT molecular complexity index is 464. The van der Waals surface area contributed by atoms with E-state index in [1.165, 1.54) is 69.1 Å². The molecule has 0 bridgehead atoms. The first-order valence-corrected chi connectivity index (χ1v) is 9.76. The monoisotopic (exact) mass is 317 g/mol. The summed E-state index contributed by atoms with van der Waals surface area (Å²) in [4.78, 5) is 16.3. The normalized spacial score (nSPS) is 21.3. The number of hydrogen-bond donors (Lipinski definition) is 0. The number of amides is 1. The molecule has 0 unspecified atom stereocenters. The van der Waals surface area contributed by atoms with Gasteiger partial charge in [0.2, 0.25) is 5.91 Å². The van der Waals surface area contributed by atoms with Gasteiger partial charge in [0.05, 0.1) is 0 Å². The lowest BCUT2D eigenvalue weighted by Gasteiger charge is -2.41. The van der Waals surface area contributed by atoms with E-state index >= 15 is 0 Å². The van der Waals surface area contributed by atoms with E-state index < -0.39 is 0 Å². The van der Waals surface area contributed by atoms with Gasteiger partial charge in [0.25, 0.3) is 0 Å².